The van der Waals surface area contributed by atoms with Gasteiger partial charge in [-0.25, -0.2) is 8.42 Å². The summed E-state index contributed by atoms with van der Waals surface area (Å²) in [4.78, 5) is 17.5. The Morgan fingerprint density at radius 3 is 2.29 bits per heavy atom. The molecule has 1 unspecified atom stereocenters. The number of hydrogen-bond acceptors (Lipinski definition) is 5. The van der Waals surface area contributed by atoms with Crippen LogP contribution in [0.4, 0.5) is 18.9 Å². The third-order valence-corrected chi connectivity index (χ3v) is 8.26. The molecular weight excluding hydrogens is 481 g/mol. The number of piperazine rings is 1. The van der Waals surface area contributed by atoms with Gasteiger partial charge in [-0.2, -0.15) is 13.2 Å². The molecule has 1 saturated heterocycles. The van der Waals surface area contributed by atoms with E-state index in [-0.39, 0.29) is 29.7 Å². The molecule has 2 aliphatic rings. The van der Waals surface area contributed by atoms with E-state index in [0.717, 1.165) is 17.5 Å². The highest BCUT2D eigenvalue weighted by molar-refractivity contribution is 7.90. The van der Waals surface area contributed by atoms with Gasteiger partial charge in [0.25, 0.3) is 0 Å². The fraction of sp³-hybridized carbons (Fsp3) is 0.480. The Labute approximate surface area is 203 Å². The van der Waals surface area contributed by atoms with Gasteiger partial charge in [0, 0.05) is 37.5 Å². The van der Waals surface area contributed by atoms with E-state index in [1.807, 2.05) is 41.3 Å². The number of anilines is 1. The number of benzene rings is 2. The largest absolute Gasteiger partial charge is 0.417 e. The van der Waals surface area contributed by atoms with Crippen LogP contribution in [-0.4, -0.2) is 62.0 Å². The molecule has 0 radical (unpaired) electrons. The Hall–Kier alpha value is -2.59. The maximum atomic E-state index is 13.5. The molecule has 0 aromatic heterocycles. The van der Waals surface area contributed by atoms with E-state index in [1.165, 1.54) is 0 Å². The Balaban J connectivity index is 1.56. The maximum Gasteiger partial charge on any atom is 0.417 e. The minimum absolute atomic E-state index is 0.0209. The predicted octanol–water partition coefficient (Wildman–Crippen LogP) is 3.96. The molecule has 0 bridgehead atoms. The topological polar surface area (TPSA) is 77.9 Å². The van der Waals surface area contributed by atoms with Crippen molar-refractivity contribution in [1.82, 2.24) is 4.90 Å². The van der Waals surface area contributed by atoms with Crippen LogP contribution >= 0.6 is 0 Å². The Morgan fingerprint density at radius 2 is 1.69 bits per heavy atom. The van der Waals surface area contributed by atoms with Crippen LogP contribution < -0.4 is 4.90 Å². The second-order valence-electron chi connectivity index (χ2n) is 9.48. The standard InChI is InChI=1S/C25H29F3N2O4S/c1-35(33,34)21-9-5-8-20(16-21)29-14-15-30(22(17-29)18-6-3-2-4-7-18)23(31)19-10-12-24(32,13-11-19)25(26,27)28/h2-9,16,19,22,32H,10-15,17H2,1H3. The normalized spacial score (nSPS) is 26.0. The maximum absolute atomic E-state index is 13.5. The lowest BCUT2D eigenvalue weighted by Crippen LogP contribution is -2.54. The Bertz CT molecular complexity index is 1160. The molecular formula is C25H29F3N2O4S. The highest BCUT2D eigenvalue weighted by Crippen LogP contribution is 2.44. The molecule has 1 N–H and O–H groups in total. The highest BCUT2D eigenvalue weighted by atomic mass is 32.2. The zero-order valence-electron chi connectivity index (χ0n) is 19.4. The summed E-state index contributed by atoms with van der Waals surface area (Å²) in [5.41, 5.74) is -1.10. The van der Waals surface area contributed by atoms with Crippen LogP contribution in [0.15, 0.2) is 59.5 Å². The summed E-state index contributed by atoms with van der Waals surface area (Å²) in [6.07, 6.45) is -4.57. The smallest absolute Gasteiger partial charge is 0.380 e. The summed E-state index contributed by atoms with van der Waals surface area (Å²) < 4.78 is 63.7. The van der Waals surface area contributed by atoms with Crippen LogP contribution in [0.3, 0.4) is 0 Å². The van der Waals surface area contributed by atoms with Gasteiger partial charge in [0.1, 0.15) is 0 Å². The van der Waals surface area contributed by atoms with Crippen LogP contribution in [0.5, 0.6) is 0 Å². The summed E-state index contributed by atoms with van der Waals surface area (Å²) in [6.45, 7) is 1.23. The molecule has 0 spiro atoms. The van der Waals surface area contributed by atoms with Crippen molar-refractivity contribution in [2.45, 2.75) is 48.4 Å². The summed E-state index contributed by atoms with van der Waals surface area (Å²) in [7, 11) is -3.38. The number of nitrogens with zero attached hydrogens (tertiary/aromatic N) is 2. The summed E-state index contributed by atoms with van der Waals surface area (Å²) >= 11 is 0. The van der Waals surface area contributed by atoms with Crippen molar-refractivity contribution >= 4 is 21.4 Å². The minimum atomic E-state index is -4.71. The molecule has 1 atom stereocenters. The molecule has 1 saturated carbocycles. The number of aliphatic hydroxyl groups is 1. The van der Waals surface area contributed by atoms with Gasteiger partial charge in [-0.15, -0.1) is 0 Å². The first-order valence-corrected chi connectivity index (χ1v) is 13.5. The molecule has 190 valence electrons. The first kappa shape index (κ1) is 25.5. The quantitative estimate of drug-likeness (QED) is 0.674. The van der Waals surface area contributed by atoms with Gasteiger partial charge in [-0.05, 0) is 49.4 Å². The van der Waals surface area contributed by atoms with E-state index in [2.05, 4.69) is 0 Å². The highest BCUT2D eigenvalue weighted by Gasteiger charge is 2.55. The summed E-state index contributed by atoms with van der Waals surface area (Å²) in [5, 5.41) is 9.99. The van der Waals surface area contributed by atoms with Gasteiger partial charge < -0.3 is 14.9 Å². The molecule has 6 nitrogen and oxygen atoms in total. The zero-order valence-corrected chi connectivity index (χ0v) is 20.2. The number of sulfone groups is 1. The van der Waals surface area contributed by atoms with Gasteiger partial charge in [-0.1, -0.05) is 36.4 Å². The van der Waals surface area contributed by atoms with E-state index in [9.17, 15) is 31.5 Å². The van der Waals surface area contributed by atoms with Crippen molar-refractivity contribution in [2.24, 2.45) is 5.92 Å². The lowest BCUT2D eigenvalue weighted by molar-refractivity contribution is -0.271. The molecule has 1 heterocycles. The van der Waals surface area contributed by atoms with E-state index in [4.69, 9.17) is 0 Å². The average Bonchev–Trinajstić information content (AvgIpc) is 2.83. The van der Waals surface area contributed by atoms with Crippen molar-refractivity contribution in [3.8, 4) is 0 Å². The molecule has 35 heavy (non-hydrogen) atoms. The van der Waals surface area contributed by atoms with Gasteiger partial charge in [0.05, 0.1) is 10.9 Å². The van der Waals surface area contributed by atoms with Crippen molar-refractivity contribution in [1.29, 1.82) is 0 Å². The predicted molar refractivity (Wildman–Crippen MR) is 126 cm³/mol. The van der Waals surface area contributed by atoms with E-state index in [0.29, 0.717) is 19.6 Å². The SMILES string of the molecule is CS(=O)(=O)c1cccc(N2CCN(C(=O)C3CCC(O)(C(F)(F)F)CC3)C(c3ccccc3)C2)c1. The van der Waals surface area contributed by atoms with Crippen LogP contribution in [0.2, 0.25) is 0 Å². The molecule has 4 rings (SSSR count). The third-order valence-electron chi connectivity index (χ3n) is 7.15. The summed E-state index contributed by atoms with van der Waals surface area (Å²) in [6, 6.07) is 15.7. The summed E-state index contributed by atoms with van der Waals surface area (Å²) in [5.74, 6) is -0.781. The number of amides is 1. The Kier molecular flexibility index (Phi) is 6.89. The second-order valence-corrected chi connectivity index (χ2v) is 11.5. The van der Waals surface area contributed by atoms with Crippen LogP contribution in [0.25, 0.3) is 0 Å². The number of halogens is 3. The lowest BCUT2D eigenvalue weighted by atomic mass is 9.77. The monoisotopic (exact) mass is 510 g/mol. The lowest BCUT2D eigenvalue weighted by Gasteiger charge is -2.45. The fourth-order valence-corrected chi connectivity index (χ4v) is 5.67. The van der Waals surface area contributed by atoms with E-state index >= 15 is 0 Å². The number of hydrogen-bond donors (Lipinski definition) is 1. The van der Waals surface area contributed by atoms with Gasteiger partial charge >= 0.3 is 6.18 Å². The molecule has 2 fully saturated rings. The Morgan fingerprint density at radius 1 is 1.03 bits per heavy atom. The van der Waals surface area contributed by atoms with Crippen LogP contribution in [0, 0.1) is 5.92 Å². The molecule has 1 amide bonds. The molecule has 10 heteroatoms. The second kappa shape index (κ2) is 9.46. The van der Waals surface area contributed by atoms with Gasteiger partial charge in [-0.3, -0.25) is 4.79 Å². The van der Waals surface area contributed by atoms with Gasteiger partial charge in [0.15, 0.2) is 15.4 Å². The van der Waals surface area contributed by atoms with Crippen molar-refractivity contribution in [2.75, 3.05) is 30.8 Å². The number of alkyl halides is 3. The first-order valence-electron chi connectivity index (χ1n) is 11.6. The minimum Gasteiger partial charge on any atom is -0.380 e. The van der Waals surface area contributed by atoms with Crippen molar-refractivity contribution in [3.63, 3.8) is 0 Å². The number of carbonyl (C=O) groups excluding carboxylic acids is 1. The number of rotatable bonds is 4. The van der Waals surface area contributed by atoms with Crippen molar-refractivity contribution in [3.05, 3.63) is 60.2 Å². The van der Waals surface area contributed by atoms with Crippen LogP contribution in [-0.2, 0) is 14.6 Å². The molecule has 2 aromatic rings. The fourth-order valence-electron chi connectivity index (χ4n) is 5.01. The first-order chi connectivity index (χ1) is 16.4. The molecule has 2 aromatic carbocycles. The van der Waals surface area contributed by atoms with E-state index < -0.39 is 40.4 Å². The zero-order chi connectivity index (χ0) is 25.4. The third kappa shape index (κ3) is 5.33. The average molecular weight is 511 g/mol. The van der Waals surface area contributed by atoms with E-state index in [1.54, 1.807) is 23.1 Å². The van der Waals surface area contributed by atoms with Crippen molar-refractivity contribution < 1.29 is 31.5 Å². The molecule has 1 aliphatic heterocycles. The van der Waals surface area contributed by atoms with Crippen LogP contribution in [0.1, 0.15) is 37.3 Å². The van der Waals surface area contributed by atoms with Gasteiger partial charge in [0.2, 0.25) is 5.91 Å². The molecule has 1 aliphatic carbocycles. The number of carbonyl (C=O) groups is 1.